The second kappa shape index (κ2) is 6.17. The van der Waals surface area contributed by atoms with Crippen LogP contribution in [-0.2, 0) is 11.8 Å². The van der Waals surface area contributed by atoms with E-state index < -0.39 is 5.97 Å². The molecule has 1 aromatic heterocycles. The van der Waals surface area contributed by atoms with Gasteiger partial charge in [-0.15, -0.1) is 0 Å². The summed E-state index contributed by atoms with van der Waals surface area (Å²) in [6, 6.07) is 8.37. The van der Waals surface area contributed by atoms with E-state index in [1.54, 1.807) is 11.0 Å². The van der Waals surface area contributed by atoms with Crippen LogP contribution in [0, 0.1) is 5.92 Å². The van der Waals surface area contributed by atoms with Crippen molar-refractivity contribution in [3.8, 4) is 11.4 Å². The molecule has 0 unspecified atom stereocenters. The van der Waals surface area contributed by atoms with Gasteiger partial charge in [-0.25, -0.2) is 4.98 Å². The normalized spacial score (nSPS) is 21.5. The number of nitrogens with zero attached hydrogens (tertiary/aromatic N) is 3. The van der Waals surface area contributed by atoms with E-state index in [-0.39, 0.29) is 5.92 Å². The molecule has 1 aromatic carbocycles. The maximum absolute atomic E-state index is 11.0. The van der Waals surface area contributed by atoms with Gasteiger partial charge < -0.3 is 10.4 Å². The Morgan fingerprint density at radius 2 is 2.09 bits per heavy atom. The second-order valence-electron chi connectivity index (χ2n) is 5.85. The van der Waals surface area contributed by atoms with E-state index in [9.17, 15) is 4.79 Å². The monoisotopic (exact) mass is 300 g/mol. The van der Waals surface area contributed by atoms with E-state index in [1.165, 1.54) is 0 Å². The van der Waals surface area contributed by atoms with Crippen LogP contribution in [0.25, 0.3) is 11.4 Å². The molecule has 0 aliphatic heterocycles. The van der Waals surface area contributed by atoms with Crippen molar-refractivity contribution in [3.05, 3.63) is 30.6 Å². The molecule has 3 rings (SSSR count). The molecule has 0 atom stereocenters. The van der Waals surface area contributed by atoms with Crippen molar-refractivity contribution < 1.29 is 9.90 Å². The number of carboxylic acid groups (broad SMARTS) is 1. The Hall–Kier alpha value is -2.37. The number of nitrogens with one attached hydrogen (secondary N) is 1. The third-order valence-corrected chi connectivity index (χ3v) is 4.17. The van der Waals surface area contributed by atoms with Crippen molar-refractivity contribution in [2.24, 2.45) is 13.0 Å². The number of hydrogen-bond donors (Lipinski definition) is 2. The smallest absolute Gasteiger partial charge is 0.306 e. The number of aliphatic carboxylic acids is 1. The Morgan fingerprint density at radius 3 is 2.73 bits per heavy atom. The van der Waals surface area contributed by atoms with Crippen molar-refractivity contribution in [1.29, 1.82) is 0 Å². The zero-order valence-electron chi connectivity index (χ0n) is 12.6. The van der Waals surface area contributed by atoms with E-state index in [0.29, 0.717) is 11.9 Å². The molecule has 1 aliphatic carbocycles. The largest absolute Gasteiger partial charge is 0.481 e. The molecule has 2 aromatic rings. The summed E-state index contributed by atoms with van der Waals surface area (Å²) in [5.74, 6) is -0.135. The minimum Gasteiger partial charge on any atom is -0.481 e. The molecule has 2 N–H and O–H groups in total. The molecule has 1 aliphatic rings. The highest BCUT2D eigenvalue weighted by Gasteiger charge is 2.25. The minimum atomic E-state index is -0.665. The maximum atomic E-state index is 11.0. The van der Waals surface area contributed by atoms with E-state index >= 15 is 0 Å². The van der Waals surface area contributed by atoms with Gasteiger partial charge in [0.15, 0.2) is 5.82 Å². The van der Waals surface area contributed by atoms with Crippen molar-refractivity contribution in [2.45, 2.75) is 31.7 Å². The van der Waals surface area contributed by atoms with Crippen LogP contribution in [0.1, 0.15) is 25.7 Å². The number of carbonyl (C=O) groups is 1. The molecule has 0 spiro atoms. The number of aryl methyl sites for hydroxylation is 1. The average Bonchev–Trinajstić information content (AvgIpc) is 2.95. The lowest BCUT2D eigenvalue weighted by Crippen LogP contribution is -2.29. The number of aromatic nitrogens is 3. The highest BCUT2D eigenvalue weighted by atomic mass is 16.4. The molecule has 1 saturated carbocycles. The van der Waals surface area contributed by atoms with Gasteiger partial charge in [0.25, 0.3) is 0 Å². The summed E-state index contributed by atoms with van der Waals surface area (Å²) in [5.41, 5.74) is 2.01. The lowest BCUT2D eigenvalue weighted by Gasteiger charge is -2.27. The summed E-state index contributed by atoms with van der Waals surface area (Å²) >= 11 is 0. The SMILES string of the molecule is Cn1cnc(-c2cccc(NC3CCC(C(=O)O)CC3)c2)n1. The summed E-state index contributed by atoms with van der Waals surface area (Å²) in [5, 5.41) is 16.9. The van der Waals surface area contributed by atoms with E-state index in [0.717, 1.165) is 36.9 Å². The fourth-order valence-electron chi connectivity index (χ4n) is 2.94. The average molecular weight is 300 g/mol. The Kier molecular flexibility index (Phi) is 4.09. The fourth-order valence-corrected chi connectivity index (χ4v) is 2.94. The Balaban J connectivity index is 1.65. The Bertz CT molecular complexity index is 660. The highest BCUT2D eigenvalue weighted by molar-refractivity contribution is 5.70. The molecule has 0 bridgehead atoms. The van der Waals surface area contributed by atoms with Crippen LogP contribution < -0.4 is 5.32 Å². The van der Waals surface area contributed by atoms with Gasteiger partial charge in [0.2, 0.25) is 0 Å². The van der Waals surface area contributed by atoms with Crippen LogP contribution in [0.3, 0.4) is 0 Å². The van der Waals surface area contributed by atoms with Crippen molar-refractivity contribution >= 4 is 11.7 Å². The van der Waals surface area contributed by atoms with Crippen LogP contribution in [0.2, 0.25) is 0 Å². The Labute approximate surface area is 129 Å². The lowest BCUT2D eigenvalue weighted by molar-refractivity contribution is -0.142. The first kappa shape index (κ1) is 14.6. The van der Waals surface area contributed by atoms with Crippen molar-refractivity contribution in [3.63, 3.8) is 0 Å². The van der Waals surface area contributed by atoms with Gasteiger partial charge in [0.05, 0.1) is 5.92 Å². The van der Waals surface area contributed by atoms with Crippen molar-refractivity contribution in [2.75, 3.05) is 5.32 Å². The lowest BCUT2D eigenvalue weighted by atomic mass is 9.86. The summed E-state index contributed by atoms with van der Waals surface area (Å²) in [4.78, 5) is 15.2. The second-order valence-corrected chi connectivity index (χ2v) is 5.85. The summed E-state index contributed by atoms with van der Waals surface area (Å²) in [7, 11) is 1.85. The number of anilines is 1. The zero-order chi connectivity index (χ0) is 15.5. The molecule has 1 heterocycles. The maximum Gasteiger partial charge on any atom is 0.306 e. The molecule has 0 amide bonds. The summed E-state index contributed by atoms with van der Waals surface area (Å²) < 4.78 is 1.68. The molecule has 6 heteroatoms. The number of rotatable bonds is 4. The van der Waals surface area contributed by atoms with Crippen LogP contribution in [0.15, 0.2) is 30.6 Å². The molecule has 6 nitrogen and oxygen atoms in total. The van der Waals surface area contributed by atoms with E-state index in [4.69, 9.17) is 5.11 Å². The van der Waals surface area contributed by atoms with E-state index in [2.05, 4.69) is 15.4 Å². The van der Waals surface area contributed by atoms with Gasteiger partial charge in [-0.1, -0.05) is 12.1 Å². The third kappa shape index (κ3) is 3.27. The van der Waals surface area contributed by atoms with Gasteiger partial charge in [-0.05, 0) is 37.8 Å². The van der Waals surface area contributed by atoms with Gasteiger partial charge in [0.1, 0.15) is 6.33 Å². The molecular formula is C16H20N4O2. The minimum absolute atomic E-state index is 0.179. The molecule has 116 valence electrons. The fraction of sp³-hybridized carbons (Fsp3) is 0.438. The van der Waals surface area contributed by atoms with Crippen LogP contribution in [0.5, 0.6) is 0 Å². The summed E-state index contributed by atoms with van der Waals surface area (Å²) in [6.07, 6.45) is 4.96. The predicted molar refractivity (Wildman–Crippen MR) is 83.4 cm³/mol. The number of carboxylic acids is 1. The van der Waals surface area contributed by atoms with Gasteiger partial charge in [-0.2, -0.15) is 5.10 Å². The molecule has 1 fully saturated rings. The molecular weight excluding hydrogens is 280 g/mol. The first-order valence-corrected chi connectivity index (χ1v) is 7.57. The first-order chi connectivity index (χ1) is 10.6. The number of hydrogen-bond acceptors (Lipinski definition) is 4. The van der Waals surface area contributed by atoms with Gasteiger partial charge in [0, 0.05) is 24.3 Å². The molecule has 0 saturated heterocycles. The topological polar surface area (TPSA) is 80.0 Å². The zero-order valence-corrected chi connectivity index (χ0v) is 12.6. The third-order valence-electron chi connectivity index (χ3n) is 4.17. The van der Waals surface area contributed by atoms with E-state index in [1.807, 2.05) is 31.3 Å². The van der Waals surface area contributed by atoms with Gasteiger partial charge in [-0.3, -0.25) is 9.48 Å². The van der Waals surface area contributed by atoms with Crippen LogP contribution in [-0.4, -0.2) is 31.9 Å². The quantitative estimate of drug-likeness (QED) is 0.907. The Morgan fingerprint density at radius 1 is 1.32 bits per heavy atom. The van der Waals surface area contributed by atoms with Crippen LogP contribution in [0.4, 0.5) is 5.69 Å². The first-order valence-electron chi connectivity index (χ1n) is 7.57. The molecule has 22 heavy (non-hydrogen) atoms. The van der Waals surface area contributed by atoms with Crippen LogP contribution >= 0.6 is 0 Å². The summed E-state index contributed by atoms with van der Waals surface area (Å²) in [6.45, 7) is 0. The van der Waals surface area contributed by atoms with Crippen molar-refractivity contribution in [1.82, 2.24) is 14.8 Å². The standard InChI is InChI=1S/C16H20N4O2/c1-20-10-17-15(19-20)12-3-2-4-14(9-12)18-13-7-5-11(6-8-13)16(21)22/h2-4,9-11,13,18H,5-8H2,1H3,(H,21,22). The molecule has 0 radical (unpaired) electrons. The number of benzene rings is 1. The van der Waals surface area contributed by atoms with Gasteiger partial charge >= 0.3 is 5.97 Å². The highest BCUT2D eigenvalue weighted by Crippen LogP contribution is 2.27. The predicted octanol–water partition coefficient (Wildman–Crippen LogP) is 2.54.